The van der Waals surface area contributed by atoms with Gasteiger partial charge in [0, 0.05) is 17.3 Å². The fourth-order valence-corrected chi connectivity index (χ4v) is 2.72. The van der Waals surface area contributed by atoms with Gasteiger partial charge in [0.2, 0.25) is 0 Å². The molecule has 0 saturated heterocycles. The maximum absolute atomic E-state index is 12.5. The molecular formula is C19H14ClN3O6. The number of carbonyl (C=O) groups excluding carboxylic acids is 2. The summed E-state index contributed by atoms with van der Waals surface area (Å²) in [7, 11) is 0. The summed E-state index contributed by atoms with van der Waals surface area (Å²) in [5, 5.41) is 17.1. The average Bonchev–Trinajstić information content (AvgIpc) is 3.09. The van der Waals surface area contributed by atoms with E-state index in [-0.39, 0.29) is 27.7 Å². The van der Waals surface area contributed by atoms with Crippen LogP contribution in [0.2, 0.25) is 5.02 Å². The Morgan fingerprint density at radius 1 is 1.24 bits per heavy atom. The zero-order valence-corrected chi connectivity index (χ0v) is 15.8. The molecule has 0 atom stereocenters. The SMILES string of the molecule is Cc1onc(-c2ccccc2)c1C(=O)OCC(=O)Nc1ccc(Cl)c([N+](=O)[O-])c1. The Bertz CT molecular complexity index is 1080. The van der Waals surface area contributed by atoms with Gasteiger partial charge in [-0.05, 0) is 19.1 Å². The van der Waals surface area contributed by atoms with E-state index in [0.29, 0.717) is 11.3 Å². The number of nitrogens with one attached hydrogen (secondary N) is 1. The van der Waals surface area contributed by atoms with Crippen molar-refractivity contribution in [3.63, 3.8) is 0 Å². The molecule has 0 aliphatic carbocycles. The molecule has 0 fully saturated rings. The van der Waals surface area contributed by atoms with Gasteiger partial charge in [-0.25, -0.2) is 4.79 Å². The van der Waals surface area contributed by atoms with Crippen LogP contribution in [0.5, 0.6) is 0 Å². The van der Waals surface area contributed by atoms with Crippen LogP contribution in [0.25, 0.3) is 11.3 Å². The van der Waals surface area contributed by atoms with Crippen molar-refractivity contribution in [3.05, 3.63) is 75.0 Å². The third-order valence-corrected chi connectivity index (χ3v) is 4.19. The number of esters is 1. The number of halogens is 1. The lowest BCUT2D eigenvalue weighted by atomic mass is 10.1. The van der Waals surface area contributed by atoms with Crippen molar-refractivity contribution in [1.29, 1.82) is 0 Å². The van der Waals surface area contributed by atoms with E-state index in [2.05, 4.69) is 10.5 Å². The van der Waals surface area contributed by atoms with Crippen molar-refractivity contribution in [2.75, 3.05) is 11.9 Å². The summed E-state index contributed by atoms with van der Waals surface area (Å²) >= 11 is 5.73. The van der Waals surface area contributed by atoms with Crippen molar-refractivity contribution >= 4 is 34.9 Å². The summed E-state index contributed by atoms with van der Waals surface area (Å²) in [6.07, 6.45) is 0. The van der Waals surface area contributed by atoms with Gasteiger partial charge < -0.3 is 14.6 Å². The third kappa shape index (κ3) is 4.58. The second-order valence-electron chi connectivity index (χ2n) is 5.88. The Morgan fingerprint density at radius 3 is 2.66 bits per heavy atom. The highest BCUT2D eigenvalue weighted by Gasteiger charge is 2.23. The van der Waals surface area contributed by atoms with Crippen LogP contribution in [-0.2, 0) is 9.53 Å². The summed E-state index contributed by atoms with van der Waals surface area (Å²) in [5.41, 5.74) is 0.879. The van der Waals surface area contributed by atoms with Gasteiger partial charge in [-0.15, -0.1) is 0 Å². The molecule has 0 saturated carbocycles. The topological polar surface area (TPSA) is 125 Å². The predicted octanol–water partition coefficient (Wildman–Crippen LogP) is 4.01. The molecule has 1 heterocycles. The minimum atomic E-state index is -0.778. The highest BCUT2D eigenvalue weighted by Crippen LogP contribution is 2.28. The first-order valence-electron chi connectivity index (χ1n) is 8.29. The van der Waals surface area contributed by atoms with Gasteiger partial charge in [0.25, 0.3) is 11.6 Å². The molecule has 1 amide bonds. The number of rotatable bonds is 6. The van der Waals surface area contributed by atoms with Gasteiger partial charge in [-0.3, -0.25) is 14.9 Å². The fraction of sp³-hybridized carbons (Fsp3) is 0.105. The zero-order valence-electron chi connectivity index (χ0n) is 15.0. The molecule has 10 heteroatoms. The average molecular weight is 416 g/mol. The highest BCUT2D eigenvalue weighted by atomic mass is 35.5. The van der Waals surface area contributed by atoms with Gasteiger partial charge in [-0.2, -0.15) is 0 Å². The minimum Gasteiger partial charge on any atom is -0.452 e. The molecule has 0 bridgehead atoms. The lowest BCUT2D eigenvalue weighted by Crippen LogP contribution is -2.21. The summed E-state index contributed by atoms with van der Waals surface area (Å²) in [6.45, 7) is 0.955. The van der Waals surface area contributed by atoms with Gasteiger partial charge in [-0.1, -0.05) is 47.1 Å². The van der Waals surface area contributed by atoms with Crippen molar-refractivity contribution in [3.8, 4) is 11.3 Å². The first-order chi connectivity index (χ1) is 13.9. The molecule has 0 spiro atoms. The number of ether oxygens (including phenoxy) is 1. The van der Waals surface area contributed by atoms with Crippen LogP contribution in [0.3, 0.4) is 0 Å². The predicted molar refractivity (Wildman–Crippen MR) is 104 cm³/mol. The minimum absolute atomic E-state index is 0.0594. The second kappa shape index (κ2) is 8.53. The Hall–Kier alpha value is -3.72. The van der Waals surface area contributed by atoms with Crippen LogP contribution in [0.15, 0.2) is 53.1 Å². The van der Waals surface area contributed by atoms with Gasteiger partial charge in [0.05, 0.1) is 4.92 Å². The molecule has 1 N–H and O–H groups in total. The molecule has 3 rings (SSSR count). The first-order valence-corrected chi connectivity index (χ1v) is 8.67. The molecule has 9 nitrogen and oxygen atoms in total. The maximum atomic E-state index is 12.5. The van der Waals surface area contributed by atoms with Crippen molar-refractivity contribution < 1.29 is 23.8 Å². The maximum Gasteiger partial charge on any atom is 0.344 e. The molecule has 3 aromatic rings. The standard InChI is InChI=1S/C19H14ClN3O6/c1-11-17(18(22-29-11)12-5-3-2-4-6-12)19(25)28-10-16(24)21-13-7-8-14(20)15(9-13)23(26)27/h2-9H,10H2,1H3,(H,21,24). The van der Waals surface area contributed by atoms with Crippen molar-refractivity contribution in [2.45, 2.75) is 6.92 Å². The van der Waals surface area contributed by atoms with E-state index in [1.807, 2.05) is 6.07 Å². The van der Waals surface area contributed by atoms with Crippen LogP contribution in [0, 0.1) is 17.0 Å². The first kappa shape index (κ1) is 20.0. The molecule has 1 aromatic heterocycles. The Balaban J connectivity index is 1.67. The number of aryl methyl sites for hydroxylation is 1. The van der Waals surface area contributed by atoms with E-state index in [4.69, 9.17) is 20.9 Å². The van der Waals surface area contributed by atoms with Crippen LogP contribution < -0.4 is 5.32 Å². The Kier molecular flexibility index (Phi) is 5.89. The van der Waals surface area contributed by atoms with E-state index in [1.54, 1.807) is 31.2 Å². The molecule has 2 aromatic carbocycles. The number of nitro groups is 1. The van der Waals surface area contributed by atoms with Crippen molar-refractivity contribution in [2.24, 2.45) is 0 Å². The van der Waals surface area contributed by atoms with Gasteiger partial charge in [0.1, 0.15) is 22.0 Å². The largest absolute Gasteiger partial charge is 0.452 e. The number of hydrogen-bond donors (Lipinski definition) is 1. The van der Waals surface area contributed by atoms with Gasteiger partial charge in [0.15, 0.2) is 6.61 Å². The van der Waals surface area contributed by atoms with Gasteiger partial charge >= 0.3 is 5.97 Å². The molecule has 0 aliphatic heterocycles. The quantitative estimate of drug-likeness (QED) is 0.366. The molecule has 148 valence electrons. The summed E-state index contributed by atoms with van der Waals surface area (Å²) in [6, 6.07) is 12.7. The number of hydrogen-bond acceptors (Lipinski definition) is 7. The van der Waals surface area contributed by atoms with Crippen LogP contribution >= 0.6 is 11.6 Å². The molecule has 29 heavy (non-hydrogen) atoms. The number of aromatic nitrogens is 1. The number of nitrogens with zero attached hydrogens (tertiary/aromatic N) is 2. The molecule has 0 unspecified atom stereocenters. The van der Waals surface area contributed by atoms with Crippen molar-refractivity contribution in [1.82, 2.24) is 5.16 Å². The molecule has 0 radical (unpaired) electrons. The summed E-state index contributed by atoms with van der Waals surface area (Å²) < 4.78 is 10.1. The Labute approximate surface area is 169 Å². The Morgan fingerprint density at radius 2 is 1.97 bits per heavy atom. The van der Waals surface area contributed by atoms with Crippen LogP contribution in [-0.4, -0.2) is 28.6 Å². The monoisotopic (exact) mass is 415 g/mol. The smallest absolute Gasteiger partial charge is 0.344 e. The second-order valence-corrected chi connectivity index (χ2v) is 6.28. The van der Waals surface area contributed by atoms with E-state index >= 15 is 0 Å². The lowest BCUT2D eigenvalue weighted by molar-refractivity contribution is -0.384. The number of nitro benzene ring substituents is 1. The van der Waals surface area contributed by atoms with E-state index in [9.17, 15) is 19.7 Å². The highest BCUT2D eigenvalue weighted by molar-refractivity contribution is 6.32. The van der Waals surface area contributed by atoms with E-state index < -0.39 is 23.4 Å². The van der Waals surface area contributed by atoms with E-state index in [1.165, 1.54) is 12.1 Å². The number of benzene rings is 2. The number of anilines is 1. The van der Waals surface area contributed by atoms with E-state index in [0.717, 1.165) is 6.07 Å². The van der Waals surface area contributed by atoms with Crippen LogP contribution in [0.1, 0.15) is 16.1 Å². The normalized spacial score (nSPS) is 10.4. The third-order valence-electron chi connectivity index (χ3n) is 3.88. The summed E-state index contributed by atoms with van der Waals surface area (Å²) in [5.74, 6) is -1.20. The summed E-state index contributed by atoms with van der Waals surface area (Å²) in [4.78, 5) is 34.8. The number of amides is 1. The molecule has 0 aliphatic rings. The fourth-order valence-electron chi connectivity index (χ4n) is 2.54. The molecular weight excluding hydrogens is 402 g/mol. The zero-order chi connectivity index (χ0) is 21.0. The van der Waals surface area contributed by atoms with Crippen LogP contribution in [0.4, 0.5) is 11.4 Å². The lowest BCUT2D eigenvalue weighted by Gasteiger charge is -2.07. The number of carbonyl (C=O) groups is 2.